The van der Waals surface area contributed by atoms with Gasteiger partial charge in [0.05, 0.1) is 6.20 Å². The highest BCUT2D eigenvalue weighted by molar-refractivity contribution is 8.00. The second kappa shape index (κ2) is 7.61. The van der Waals surface area contributed by atoms with Crippen molar-refractivity contribution in [1.29, 1.82) is 0 Å². The van der Waals surface area contributed by atoms with Gasteiger partial charge >= 0.3 is 5.97 Å². The highest BCUT2D eigenvalue weighted by atomic mass is 32.2. The van der Waals surface area contributed by atoms with Gasteiger partial charge in [-0.15, -0.1) is 0 Å². The molecule has 150 valence electrons. The molecule has 1 aliphatic heterocycles. The molecular formula is C21H32N2O3S. The van der Waals surface area contributed by atoms with Crippen LogP contribution in [0.4, 0.5) is 0 Å². The van der Waals surface area contributed by atoms with Crippen molar-refractivity contribution in [3.8, 4) is 5.88 Å². The van der Waals surface area contributed by atoms with E-state index in [1.54, 1.807) is 10.9 Å². The Labute approximate surface area is 166 Å². The van der Waals surface area contributed by atoms with Crippen LogP contribution in [0.2, 0.25) is 0 Å². The van der Waals surface area contributed by atoms with E-state index in [2.05, 4.69) is 44.6 Å². The van der Waals surface area contributed by atoms with E-state index in [1.807, 2.05) is 6.92 Å². The van der Waals surface area contributed by atoms with Gasteiger partial charge in [-0.05, 0) is 48.7 Å². The minimum Gasteiger partial charge on any atom is -0.407 e. The standard InChI is InChI=1S/C21H32N2O3S/c1-7-23-20(26-14(4)24)16(11-22-23)18(25)15-10-12(2)19-17(13(15)3)21(5,6)8-9-27-19/h11-13,15,17,19H,7-10H2,1-6H3. The Hall–Kier alpha value is -1.30. The molecular weight excluding hydrogens is 360 g/mol. The summed E-state index contributed by atoms with van der Waals surface area (Å²) in [4.78, 5) is 25.1. The predicted octanol–water partition coefficient (Wildman–Crippen LogP) is 4.45. The molecule has 0 spiro atoms. The molecule has 2 fully saturated rings. The number of hydrogen-bond donors (Lipinski definition) is 0. The number of esters is 1. The summed E-state index contributed by atoms with van der Waals surface area (Å²) in [7, 11) is 0. The molecule has 1 aromatic rings. The summed E-state index contributed by atoms with van der Waals surface area (Å²) in [6.45, 7) is 13.1. The van der Waals surface area contributed by atoms with Crippen molar-refractivity contribution in [1.82, 2.24) is 9.78 Å². The summed E-state index contributed by atoms with van der Waals surface area (Å²) in [6, 6.07) is 0. The Morgan fingerprint density at radius 1 is 1.37 bits per heavy atom. The first-order valence-corrected chi connectivity index (χ1v) is 11.1. The normalized spacial score (nSPS) is 32.6. The van der Waals surface area contributed by atoms with E-state index in [4.69, 9.17) is 4.74 Å². The van der Waals surface area contributed by atoms with Crippen LogP contribution in [0.25, 0.3) is 0 Å². The number of hydrogen-bond acceptors (Lipinski definition) is 5. The monoisotopic (exact) mass is 392 g/mol. The molecule has 1 saturated heterocycles. The summed E-state index contributed by atoms with van der Waals surface area (Å²) in [5, 5.41) is 4.90. The Morgan fingerprint density at radius 3 is 2.70 bits per heavy atom. The third-order valence-corrected chi connectivity index (χ3v) is 8.22. The first-order valence-electron chi connectivity index (χ1n) is 10.1. The second-order valence-electron chi connectivity index (χ2n) is 8.92. The molecule has 2 aliphatic rings. The molecule has 2 heterocycles. The van der Waals surface area contributed by atoms with Crippen LogP contribution in [0.3, 0.4) is 0 Å². The Bertz CT molecular complexity index is 727. The average molecular weight is 393 g/mol. The number of fused-ring (bicyclic) bond motifs is 1. The van der Waals surface area contributed by atoms with Crippen LogP contribution in [0, 0.1) is 29.1 Å². The third-order valence-electron chi connectivity index (χ3n) is 6.63. The molecule has 0 aromatic carbocycles. The van der Waals surface area contributed by atoms with Crippen molar-refractivity contribution in [3.63, 3.8) is 0 Å². The molecule has 0 amide bonds. The van der Waals surface area contributed by atoms with Crippen molar-refractivity contribution >= 4 is 23.5 Å². The predicted molar refractivity (Wildman–Crippen MR) is 108 cm³/mol. The maximum Gasteiger partial charge on any atom is 0.309 e. The Morgan fingerprint density at radius 2 is 2.07 bits per heavy atom. The van der Waals surface area contributed by atoms with Gasteiger partial charge in [-0.25, -0.2) is 4.68 Å². The van der Waals surface area contributed by atoms with Crippen LogP contribution in [0.1, 0.15) is 64.7 Å². The van der Waals surface area contributed by atoms with E-state index in [-0.39, 0.29) is 17.1 Å². The molecule has 5 atom stereocenters. The molecule has 5 unspecified atom stereocenters. The van der Waals surface area contributed by atoms with Crippen LogP contribution >= 0.6 is 11.8 Å². The minimum atomic E-state index is -0.422. The van der Waals surface area contributed by atoms with Gasteiger partial charge in [0.2, 0.25) is 5.88 Å². The maximum absolute atomic E-state index is 13.5. The molecule has 0 N–H and O–H groups in total. The van der Waals surface area contributed by atoms with Crippen LogP contribution in [0.5, 0.6) is 5.88 Å². The molecule has 5 nitrogen and oxygen atoms in total. The number of carbonyl (C=O) groups excluding carboxylic acids is 2. The number of aromatic nitrogens is 2. The van der Waals surface area contributed by atoms with Crippen LogP contribution in [0.15, 0.2) is 6.20 Å². The molecule has 1 aromatic heterocycles. The third kappa shape index (κ3) is 3.69. The van der Waals surface area contributed by atoms with Gasteiger partial charge < -0.3 is 4.74 Å². The number of carbonyl (C=O) groups is 2. The lowest BCUT2D eigenvalue weighted by atomic mass is 9.57. The number of aryl methyl sites for hydroxylation is 1. The first-order chi connectivity index (χ1) is 12.7. The van der Waals surface area contributed by atoms with Gasteiger partial charge in [0.25, 0.3) is 0 Å². The largest absolute Gasteiger partial charge is 0.407 e. The van der Waals surface area contributed by atoms with Gasteiger partial charge in [-0.1, -0.05) is 27.7 Å². The zero-order valence-corrected chi connectivity index (χ0v) is 18.1. The Balaban J connectivity index is 1.93. The van der Waals surface area contributed by atoms with E-state index >= 15 is 0 Å². The van der Waals surface area contributed by atoms with E-state index in [0.29, 0.717) is 41.0 Å². The van der Waals surface area contributed by atoms with Gasteiger partial charge in [0.15, 0.2) is 5.78 Å². The fourth-order valence-corrected chi connectivity index (χ4v) is 7.44. The lowest BCUT2D eigenvalue weighted by Gasteiger charge is -2.54. The van der Waals surface area contributed by atoms with Crippen LogP contribution in [-0.2, 0) is 11.3 Å². The Kier molecular flexibility index (Phi) is 5.76. The molecule has 0 radical (unpaired) electrons. The fraction of sp³-hybridized carbons (Fsp3) is 0.762. The molecule has 0 bridgehead atoms. The second-order valence-corrected chi connectivity index (χ2v) is 10.2. The molecule has 6 heteroatoms. The van der Waals surface area contributed by atoms with E-state index in [1.165, 1.54) is 19.1 Å². The van der Waals surface area contributed by atoms with Gasteiger partial charge in [0.1, 0.15) is 5.56 Å². The summed E-state index contributed by atoms with van der Waals surface area (Å²) >= 11 is 2.09. The van der Waals surface area contributed by atoms with E-state index in [0.717, 1.165) is 6.42 Å². The highest BCUT2D eigenvalue weighted by Gasteiger charge is 2.51. The average Bonchev–Trinajstić information content (AvgIpc) is 2.98. The van der Waals surface area contributed by atoms with Crippen LogP contribution < -0.4 is 4.74 Å². The maximum atomic E-state index is 13.5. The number of thioether (sulfide) groups is 1. The van der Waals surface area contributed by atoms with Gasteiger partial charge in [-0.2, -0.15) is 16.9 Å². The lowest BCUT2D eigenvalue weighted by molar-refractivity contribution is -0.132. The minimum absolute atomic E-state index is 0.0527. The van der Waals surface area contributed by atoms with E-state index in [9.17, 15) is 9.59 Å². The van der Waals surface area contributed by atoms with Crippen molar-refractivity contribution in [2.24, 2.45) is 29.1 Å². The number of nitrogens with zero attached hydrogens (tertiary/aromatic N) is 2. The topological polar surface area (TPSA) is 61.2 Å². The number of ether oxygens (including phenoxy) is 1. The first kappa shape index (κ1) is 20.4. The number of rotatable bonds is 4. The summed E-state index contributed by atoms with van der Waals surface area (Å²) < 4.78 is 6.96. The summed E-state index contributed by atoms with van der Waals surface area (Å²) in [5.41, 5.74) is 0.699. The SMILES string of the molecule is CCn1ncc(C(=O)C2CC(C)C3SCCC(C)(C)C3C2C)c1OC(C)=O. The van der Waals surface area contributed by atoms with Crippen molar-refractivity contribution in [2.45, 2.75) is 66.2 Å². The summed E-state index contributed by atoms with van der Waals surface area (Å²) in [6.07, 6.45) is 3.67. The zero-order chi connectivity index (χ0) is 19.9. The fourth-order valence-electron chi connectivity index (χ4n) is 5.26. The van der Waals surface area contributed by atoms with Crippen LogP contribution in [-0.4, -0.2) is 32.5 Å². The smallest absolute Gasteiger partial charge is 0.309 e. The van der Waals surface area contributed by atoms with Crippen molar-refractivity contribution < 1.29 is 14.3 Å². The van der Waals surface area contributed by atoms with Gasteiger partial charge in [-0.3, -0.25) is 9.59 Å². The molecule has 1 aliphatic carbocycles. The van der Waals surface area contributed by atoms with Crippen molar-refractivity contribution in [2.75, 3.05) is 5.75 Å². The zero-order valence-electron chi connectivity index (χ0n) is 17.3. The number of Topliss-reactive ketones (excluding diaryl/α,β-unsaturated/α-hetero) is 1. The molecule has 3 rings (SSSR count). The lowest BCUT2D eigenvalue weighted by Crippen LogP contribution is -2.51. The van der Waals surface area contributed by atoms with Gasteiger partial charge in [0, 0.05) is 24.6 Å². The number of ketones is 1. The highest BCUT2D eigenvalue weighted by Crippen LogP contribution is 2.56. The van der Waals surface area contributed by atoms with Crippen molar-refractivity contribution in [3.05, 3.63) is 11.8 Å². The van der Waals surface area contributed by atoms with E-state index < -0.39 is 5.97 Å². The quantitative estimate of drug-likeness (QED) is 0.559. The molecule has 27 heavy (non-hydrogen) atoms. The summed E-state index contributed by atoms with van der Waals surface area (Å²) in [5.74, 6) is 2.44. The molecule has 1 saturated carbocycles.